The van der Waals surface area contributed by atoms with Crippen molar-refractivity contribution in [1.29, 1.82) is 0 Å². The molecule has 0 saturated carbocycles. The lowest BCUT2D eigenvalue weighted by Gasteiger charge is -2.11. The molecular formula is C19H22N2O4S. The van der Waals surface area contributed by atoms with Gasteiger partial charge >= 0.3 is 0 Å². The smallest absolute Gasteiger partial charge is 0.261 e. The van der Waals surface area contributed by atoms with Crippen LogP contribution >= 0.6 is 0 Å². The molecule has 6 nitrogen and oxygen atoms in total. The van der Waals surface area contributed by atoms with Gasteiger partial charge in [-0.25, -0.2) is 8.42 Å². The second-order valence-electron chi connectivity index (χ2n) is 6.34. The van der Waals surface area contributed by atoms with Crippen molar-refractivity contribution in [2.45, 2.75) is 30.8 Å². The SMILES string of the molecule is Cc1ccc(NS(=O)(=O)c2ccc(C(=O)NC[C@H]3CCCO3)cc2)cc1. The third-order valence-electron chi connectivity index (χ3n) is 4.24. The lowest BCUT2D eigenvalue weighted by Crippen LogP contribution is -2.31. The zero-order valence-corrected chi connectivity index (χ0v) is 15.4. The van der Waals surface area contributed by atoms with Crippen LogP contribution in [-0.4, -0.2) is 33.6 Å². The molecule has 0 aliphatic carbocycles. The van der Waals surface area contributed by atoms with Gasteiger partial charge in [0.15, 0.2) is 0 Å². The van der Waals surface area contributed by atoms with Crippen molar-refractivity contribution in [2.24, 2.45) is 0 Å². The van der Waals surface area contributed by atoms with Crippen LogP contribution in [0.2, 0.25) is 0 Å². The van der Waals surface area contributed by atoms with Crippen molar-refractivity contribution >= 4 is 21.6 Å². The number of carbonyl (C=O) groups is 1. The summed E-state index contributed by atoms with van der Waals surface area (Å²) in [5.74, 6) is -0.240. The molecule has 26 heavy (non-hydrogen) atoms. The standard InChI is InChI=1S/C19H22N2O4S/c1-14-4-8-16(9-5-14)21-26(23,24)18-10-6-15(7-11-18)19(22)20-13-17-3-2-12-25-17/h4-11,17,21H,2-3,12-13H2,1H3,(H,20,22)/t17-/m1/s1. The van der Waals surface area contributed by atoms with Crippen LogP contribution in [-0.2, 0) is 14.8 Å². The van der Waals surface area contributed by atoms with Crippen LogP contribution in [0.1, 0.15) is 28.8 Å². The van der Waals surface area contributed by atoms with E-state index in [-0.39, 0.29) is 16.9 Å². The van der Waals surface area contributed by atoms with E-state index in [0.29, 0.717) is 17.8 Å². The zero-order chi connectivity index (χ0) is 18.6. The summed E-state index contributed by atoms with van der Waals surface area (Å²) in [7, 11) is -3.70. The van der Waals surface area contributed by atoms with E-state index in [1.165, 1.54) is 24.3 Å². The minimum absolute atomic E-state index is 0.0670. The molecule has 1 saturated heterocycles. The summed E-state index contributed by atoms with van der Waals surface area (Å²) < 4.78 is 32.9. The Hall–Kier alpha value is -2.38. The minimum Gasteiger partial charge on any atom is -0.376 e. The van der Waals surface area contributed by atoms with Crippen LogP contribution in [0, 0.1) is 6.92 Å². The summed E-state index contributed by atoms with van der Waals surface area (Å²) in [4.78, 5) is 12.3. The first kappa shape index (κ1) is 18.4. The highest BCUT2D eigenvalue weighted by molar-refractivity contribution is 7.92. The molecule has 1 aliphatic rings. The highest BCUT2D eigenvalue weighted by Crippen LogP contribution is 2.17. The van der Waals surface area contributed by atoms with Crippen LogP contribution < -0.4 is 10.0 Å². The quantitative estimate of drug-likeness (QED) is 0.814. The highest BCUT2D eigenvalue weighted by Gasteiger charge is 2.18. The number of amides is 1. The number of hydrogen-bond acceptors (Lipinski definition) is 4. The molecule has 1 fully saturated rings. The first-order valence-corrected chi connectivity index (χ1v) is 10.0. The van der Waals surface area contributed by atoms with E-state index in [9.17, 15) is 13.2 Å². The van der Waals surface area contributed by atoms with Gasteiger partial charge in [-0.05, 0) is 56.2 Å². The van der Waals surface area contributed by atoms with Gasteiger partial charge in [-0.3, -0.25) is 9.52 Å². The van der Waals surface area contributed by atoms with Gasteiger partial charge < -0.3 is 10.1 Å². The molecule has 2 aromatic rings. The van der Waals surface area contributed by atoms with Gasteiger partial charge in [0.25, 0.3) is 15.9 Å². The second-order valence-corrected chi connectivity index (χ2v) is 8.02. The molecule has 1 amide bonds. The van der Waals surface area contributed by atoms with Crippen LogP contribution in [0.15, 0.2) is 53.4 Å². The van der Waals surface area contributed by atoms with E-state index in [4.69, 9.17) is 4.74 Å². The van der Waals surface area contributed by atoms with Crippen molar-refractivity contribution in [2.75, 3.05) is 17.9 Å². The molecule has 1 aliphatic heterocycles. The third-order valence-corrected chi connectivity index (χ3v) is 5.64. The van der Waals surface area contributed by atoms with Gasteiger partial charge in [-0.2, -0.15) is 0 Å². The summed E-state index contributed by atoms with van der Waals surface area (Å²) in [6.45, 7) is 3.13. The number of rotatable bonds is 6. The molecule has 1 atom stereocenters. The summed E-state index contributed by atoms with van der Waals surface area (Å²) >= 11 is 0. The monoisotopic (exact) mass is 374 g/mol. The molecule has 2 aromatic carbocycles. The Labute approximate surface area is 153 Å². The van der Waals surface area contributed by atoms with Crippen molar-refractivity contribution in [1.82, 2.24) is 5.32 Å². The van der Waals surface area contributed by atoms with E-state index in [1.54, 1.807) is 12.1 Å². The molecule has 7 heteroatoms. The summed E-state index contributed by atoms with van der Waals surface area (Å²) in [5.41, 5.74) is 1.96. The number of carbonyl (C=O) groups excluding carboxylic acids is 1. The Morgan fingerprint density at radius 3 is 2.42 bits per heavy atom. The number of hydrogen-bond donors (Lipinski definition) is 2. The Morgan fingerprint density at radius 2 is 1.81 bits per heavy atom. The molecule has 2 N–H and O–H groups in total. The average Bonchev–Trinajstić information content (AvgIpc) is 3.15. The minimum atomic E-state index is -3.70. The topological polar surface area (TPSA) is 84.5 Å². The predicted molar refractivity (Wildman–Crippen MR) is 99.7 cm³/mol. The first-order chi connectivity index (χ1) is 12.4. The number of sulfonamides is 1. The van der Waals surface area contributed by atoms with E-state index >= 15 is 0 Å². The average molecular weight is 374 g/mol. The molecule has 138 valence electrons. The fourth-order valence-corrected chi connectivity index (χ4v) is 3.79. The molecule has 0 aromatic heterocycles. The maximum Gasteiger partial charge on any atom is 0.261 e. The lowest BCUT2D eigenvalue weighted by atomic mass is 10.2. The van der Waals surface area contributed by atoms with E-state index in [2.05, 4.69) is 10.0 Å². The zero-order valence-electron chi connectivity index (χ0n) is 14.6. The number of aryl methyl sites for hydroxylation is 1. The second kappa shape index (κ2) is 7.88. The van der Waals surface area contributed by atoms with Crippen molar-refractivity contribution in [3.05, 3.63) is 59.7 Å². The van der Waals surface area contributed by atoms with Gasteiger partial charge in [-0.1, -0.05) is 17.7 Å². The van der Waals surface area contributed by atoms with Crippen molar-refractivity contribution < 1.29 is 17.9 Å². The van der Waals surface area contributed by atoms with Crippen LogP contribution in [0.4, 0.5) is 5.69 Å². The van der Waals surface area contributed by atoms with Crippen molar-refractivity contribution in [3.63, 3.8) is 0 Å². The largest absolute Gasteiger partial charge is 0.376 e. The Balaban J connectivity index is 1.63. The predicted octanol–water partition coefficient (Wildman–Crippen LogP) is 2.70. The Morgan fingerprint density at radius 1 is 1.12 bits per heavy atom. The normalized spacial score (nSPS) is 17.0. The number of ether oxygens (including phenoxy) is 1. The molecule has 0 bridgehead atoms. The van der Waals surface area contributed by atoms with Crippen LogP contribution in [0.25, 0.3) is 0 Å². The number of nitrogens with one attached hydrogen (secondary N) is 2. The highest BCUT2D eigenvalue weighted by atomic mass is 32.2. The van der Waals surface area contributed by atoms with Gasteiger partial charge in [0.05, 0.1) is 11.0 Å². The Bertz CT molecular complexity index is 855. The molecule has 0 radical (unpaired) electrons. The summed E-state index contributed by atoms with van der Waals surface area (Å²) in [5, 5.41) is 2.82. The van der Waals surface area contributed by atoms with Gasteiger partial charge in [-0.15, -0.1) is 0 Å². The van der Waals surface area contributed by atoms with Gasteiger partial charge in [0.1, 0.15) is 0 Å². The molecule has 1 heterocycles. The van der Waals surface area contributed by atoms with Crippen molar-refractivity contribution in [3.8, 4) is 0 Å². The van der Waals surface area contributed by atoms with Crippen LogP contribution in [0.3, 0.4) is 0 Å². The third kappa shape index (κ3) is 4.62. The molecule has 3 rings (SSSR count). The van der Waals surface area contributed by atoms with Gasteiger partial charge in [0.2, 0.25) is 0 Å². The van der Waals surface area contributed by atoms with E-state index in [1.807, 2.05) is 19.1 Å². The first-order valence-electron chi connectivity index (χ1n) is 8.53. The summed E-state index contributed by atoms with van der Waals surface area (Å²) in [6.07, 6.45) is 2.03. The lowest BCUT2D eigenvalue weighted by molar-refractivity contribution is 0.0857. The molecule has 0 spiro atoms. The Kier molecular flexibility index (Phi) is 5.58. The number of anilines is 1. The molecule has 0 unspecified atom stereocenters. The fourth-order valence-electron chi connectivity index (χ4n) is 2.74. The fraction of sp³-hybridized carbons (Fsp3) is 0.316. The maximum absolute atomic E-state index is 12.4. The summed E-state index contributed by atoms with van der Waals surface area (Å²) in [6, 6.07) is 13.0. The van der Waals surface area contributed by atoms with Gasteiger partial charge in [0, 0.05) is 24.4 Å². The maximum atomic E-state index is 12.4. The van der Waals surface area contributed by atoms with E-state index < -0.39 is 10.0 Å². The molecular weight excluding hydrogens is 352 g/mol. The van der Waals surface area contributed by atoms with Crippen LogP contribution in [0.5, 0.6) is 0 Å². The number of benzene rings is 2. The van der Waals surface area contributed by atoms with E-state index in [0.717, 1.165) is 25.0 Å².